The van der Waals surface area contributed by atoms with E-state index in [1.165, 1.54) is 12.1 Å². The summed E-state index contributed by atoms with van der Waals surface area (Å²) in [5, 5.41) is 0. The summed E-state index contributed by atoms with van der Waals surface area (Å²) in [4.78, 5) is 6.88. The van der Waals surface area contributed by atoms with Crippen molar-refractivity contribution >= 4 is 11.1 Å². The topological polar surface area (TPSA) is 57.0 Å². The van der Waals surface area contributed by atoms with Gasteiger partial charge in [-0.25, -0.2) is 4.98 Å². The number of ether oxygens (including phenoxy) is 3. The Morgan fingerprint density at radius 2 is 1.64 bits per heavy atom. The minimum atomic E-state index is -4.44. The molecular weight excluding hydrogens is 473 g/mol. The summed E-state index contributed by atoms with van der Waals surface area (Å²) in [6, 6.07) is 17.2. The fraction of sp³-hybridized carbons (Fsp3) is 0.296. The van der Waals surface area contributed by atoms with Crippen molar-refractivity contribution in [2.75, 3.05) is 39.5 Å². The largest absolute Gasteiger partial charge is 0.494 e. The standard InChI is InChI=1S/C27H25F3N2O4/c28-27(29,30)20-3-1-4-22(17-20)35-23-9-10-24-25(18-23)36-26(31-24)19-5-7-21(8-6-19)34-14-2-11-32-12-15-33-16-13-32/h1,3-10,17-18H,2,11-16H2. The maximum absolute atomic E-state index is 13.0. The van der Waals surface area contributed by atoms with Crippen LogP contribution in [0, 0.1) is 0 Å². The van der Waals surface area contributed by atoms with Crippen LogP contribution in [0.5, 0.6) is 17.2 Å². The van der Waals surface area contributed by atoms with Crippen LogP contribution >= 0.6 is 0 Å². The Kier molecular flexibility index (Phi) is 7.11. The van der Waals surface area contributed by atoms with E-state index in [0.717, 1.165) is 62.7 Å². The number of benzene rings is 3. The molecule has 0 aliphatic carbocycles. The molecule has 6 nitrogen and oxygen atoms in total. The SMILES string of the molecule is FC(F)(F)c1cccc(Oc2ccc3nc(-c4ccc(OCCCN5CCOCC5)cc4)oc3c2)c1. The van der Waals surface area contributed by atoms with Crippen molar-refractivity contribution in [3.63, 3.8) is 0 Å². The van der Waals surface area contributed by atoms with Gasteiger partial charge in [-0.2, -0.15) is 13.2 Å². The van der Waals surface area contributed by atoms with Crippen LogP contribution in [0.2, 0.25) is 0 Å². The second-order valence-electron chi connectivity index (χ2n) is 8.46. The second-order valence-corrected chi connectivity index (χ2v) is 8.46. The maximum atomic E-state index is 13.0. The summed E-state index contributed by atoms with van der Waals surface area (Å²) >= 11 is 0. The molecule has 188 valence electrons. The normalized spacial score (nSPS) is 14.8. The molecule has 1 aromatic heterocycles. The number of fused-ring (bicyclic) bond motifs is 1. The zero-order valence-corrected chi connectivity index (χ0v) is 19.5. The average molecular weight is 499 g/mol. The van der Waals surface area contributed by atoms with Crippen molar-refractivity contribution < 1.29 is 31.8 Å². The van der Waals surface area contributed by atoms with Crippen LogP contribution in [0.25, 0.3) is 22.6 Å². The monoisotopic (exact) mass is 498 g/mol. The Morgan fingerprint density at radius 3 is 2.42 bits per heavy atom. The minimum absolute atomic E-state index is 0.0875. The first kappa shape index (κ1) is 24.1. The quantitative estimate of drug-likeness (QED) is 0.262. The lowest BCUT2D eigenvalue weighted by atomic mass is 10.2. The first-order valence-corrected chi connectivity index (χ1v) is 11.7. The first-order valence-electron chi connectivity index (χ1n) is 11.7. The molecular formula is C27H25F3N2O4. The van der Waals surface area contributed by atoms with E-state index in [4.69, 9.17) is 18.6 Å². The third-order valence-electron chi connectivity index (χ3n) is 5.85. The Hall–Kier alpha value is -3.56. The number of rotatable bonds is 8. The maximum Gasteiger partial charge on any atom is 0.416 e. The molecule has 2 heterocycles. The summed E-state index contributed by atoms with van der Waals surface area (Å²) in [5.74, 6) is 1.64. The van der Waals surface area contributed by atoms with Crippen molar-refractivity contribution in [3.8, 4) is 28.7 Å². The summed E-state index contributed by atoms with van der Waals surface area (Å²) in [6.45, 7) is 5.15. The van der Waals surface area contributed by atoms with Crippen LogP contribution in [0.1, 0.15) is 12.0 Å². The van der Waals surface area contributed by atoms with E-state index < -0.39 is 11.7 Å². The molecule has 0 N–H and O–H groups in total. The van der Waals surface area contributed by atoms with Gasteiger partial charge in [0.05, 0.1) is 25.4 Å². The summed E-state index contributed by atoms with van der Waals surface area (Å²) in [6.07, 6.45) is -3.50. The van der Waals surface area contributed by atoms with E-state index >= 15 is 0 Å². The van der Waals surface area contributed by atoms with E-state index in [1.54, 1.807) is 18.2 Å². The zero-order valence-electron chi connectivity index (χ0n) is 19.5. The molecule has 1 saturated heterocycles. The molecule has 1 aliphatic rings. The van der Waals surface area contributed by atoms with Gasteiger partial charge in [-0.3, -0.25) is 4.90 Å². The fourth-order valence-electron chi connectivity index (χ4n) is 3.96. The lowest BCUT2D eigenvalue weighted by Crippen LogP contribution is -2.37. The average Bonchev–Trinajstić information content (AvgIpc) is 3.31. The van der Waals surface area contributed by atoms with Gasteiger partial charge in [0.2, 0.25) is 5.89 Å². The molecule has 36 heavy (non-hydrogen) atoms. The van der Waals surface area contributed by atoms with Crippen molar-refractivity contribution in [1.29, 1.82) is 0 Å². The van der Waals surface area contributed by atoms with Gasteiger partial charge in [-0.05, 0) is 61.0 Å². The van der Waals surface area contributed by atoms with E-state index in [1.807, 2.05) is 24.3 Å². The van der Waals surface area contributed by atoms with Gasteiger partial charge in [0.15, 0.2) is 5.58 Å². The smallest absolute Gasteiger partial charge is 0.416 e. The van der Waals surface area contributed by atoms with Gasteiger partial charge in [-0.15, -0.1) is 0 Å². The second kappa shape index (κ2) is 10.6. The number of alkyl halides is 3. The third kappa shape index (κ3) is 5.98. The Balaban J connectivity index is 1.20. The number of nitrogens with zero attached hydrogens (tertiary/aromatic N) is 2. The van der Waals surface area contributed by atoms with E-state index in [0.29, 0.717) is 29.3 Å². The molecule has 0 saturated carbocycles. The lowest BCUT2D eigenvalue weighted by molar-refractivity contribution is -0.137. The Morgan fingerprint density at radius 1 is 0.889 bits per heavy atom. The number of oxazole rings is 1. The Labute approximate surface area is 206 Å². The molecule has 1 fully saturated rings. The minimum Gasteiger partial charge on any atom is -0.494 e. The summed E-state index contributed by atoms with van der Waals surface area (Å²) in [7, 11) is 0. The highest BCUT2D eigenvalue weighted by Crippen LogP contribution is 2.34. The van der Waals surface area contributed by atoms with Crippen LogP contribution < -0.4 is 9.47 Å². The molecule has 0 bridgehead atoms. The van der Waals surface area contributed by atoms with Gasteiger partial charge >= 0.3 is 6.18 Å². The molecule has 1 aliphatic heterocycles. The number of halogens is 3. The highest BCUT2D eigenvalue weighted by Gasteiger charge is 2.30. The van der Waals surface area contributed by atoms with Gasteiger partial charge in [0.1, 0.15) is 22.8 Å². The number of morpholine rings is 1. The van der Waals surface area contributed by atoms with E-state index in [-0.39, 0.29) is 5.75 Å². The van der Waals surface area contributed by atoms with Crippen molar-refractivity contribution in [1.82, 2.24) is 9.88 Å². The van der Waals surface area contributed by atoms with E-state index in [2.05, 4.69) is 9.88 Å². The van der Waals surface area contributed by atoms with Gasteiger partial charge in [0, 0.05) is 31.3 Å². The molecule has 0 radical (unpaired) electrons. The predicted octanol–water partition coefficient (Wildman–Crippen LogP) is 6.41. The molecule has 0 spiro atoms. The van der Waals surface area contributed by atoms with Crippen LogP contribution in [-0.2, 0) is 10.9 Å². The summed E-state index contributed by atoms with van der Waals surface area (Å²) < 4.78 is 61.6. The highest BCUT2D eigenvalue weighted by atomic mass is 19.4. The number of hydrogen-bond acceptors (Lipinski definition) is 6. The van der Waals surface area contributed by atoms with E-state index in [9.17, 15) is 13.2 Å². The molecule has 0 atom stereocenters. The molecule has 5 rings (SSSR count). The highest BCUT2D eigenvalue weighted by molar-refractivity contribution is 5.77. The molecule has 0 amide bonds. The Bertz CT molecular complexity index is 1300. The van der Waals surface area contributed by atoms with Gasteiger partial charge in [0.25, 0.3) is 0 Å². The lowest BCUT2D eigenvalue weighted by Gasteiger charge is -2.26. The van der Waals surface area contributed by atoms with Crippen LogP contribution in [-0.4, -0.2) is 49.3 Å². The molecule has 3 aromatic carbocycles. The third-order valence-corrected chi connectivity index (χ3v) is 5.85. The summed E-state index contributed by atoms with van der Waals surface area (Å²) in [5.41, 5.74) is 1.10. The van der Waals surface area contributed by atoms with Crippen LogP contribution in [0.15, 0.2) is 71.1 Å². The predicted molar refractivity (Wildman–Crippen MR) is 128 cm³/mol. The molecule has 4 aromatic rings. The fourth-order valence-corrected chi connectivity index (χ4v) is 3.96. The molecule has 0 unspecified atom stereocenters. The van der Waals surface area contributed by atoms with Gasteiger partial charge in [-0.1, -0.05) is 6.07 Å². The molecule has 9 heteroatoms. The number of hydrogen-bond donors (Lipinski definition) is 0. The van der Waals surface area contributed by atoms with Crippen molar-refractivity contribution in [3.05, 3.63) is 72.3 Å². The van der Waals surface area contributed by atoms with Crippen molar-refractivity contribution in [2.45, 2.75) is 12.6 Å². The van der Waals surface area contributed by atoms with Gasteiger partial charge < -0.3 is 18.6 Å². The van der Waals surface area contributed by atoms with Crippen molar-refractivity contribution in [2.24, 2.45) is 0 Å². The van der Waals surface area contributed by atoms with Crippen LogP contribution in [0.3, 0.4) is 0 Å². The van der Waals surface area contributed by atoms with Crippen LogP contribution in [0.4, 0.5) is 13.2 Å². The first-order chi connectivity index (χ1) is 17.4. The number of aromatic nitrogens is 1. The zero-order chi connectivity index (χ0) is 25.0.